The second-order valence-corrected chi connectivity index (χ2v) is 7.01. The van der Waals surface area contributed by atoms with Crippen molar-refractivity contribution in [1.82, 2.24) is 10.3 Å². The molecular weight excluding hydrogens is 310 g/mol. The molecule has 7 nitrogen and oxygen atoms in total. The number of amides is 2. The zero-order valence-electron chi connectivity index (χ0n) is 14.5. The Labute approximate surface area is 142 Å². The maximum Gasteiger partial charge on any atom is 0.404 e. The van der Waals surface area contributed by atoms with Crippen LogP contribution in [0.25, 0.3) is 0 Å². The van der Waals surface area contributed by atoms with Crippen molar-refractivity contribution >= 4 is 17.8 Å². The number of anilines is 1. The van der Waals surface area contributed by atoms with Gasteiger partial charge in [-0.2, -0.15) is 0 Å². The predicted octanol–water partition coefficient (Wildman–Crippen LogP) is 2.62. The van der Waals surface area contributed by atoms with Crippen molar-refractivity contribution in [3.8, 4) is 0 Å². The number of carbonyl (C=O) groups excluding carboxylic acids is 1. The van der Waals surface area contributed by atoms with Crippen LogP contribution in [0.5, 0.6) is 0 Å². The summed E-state index contributed by atoms with van der Waals surface area (Å²) in [6.45, 7) is 6.40. The van der Waals surface area contributed by atoms with Gasteiger partial charge in [0.05, 0.1) is 6.04 Å². The third-order valence-electron chi connectivity index (χ3n) is 3.57. The van der Waals surface area contributed by atoms with Crippen LogP contribution in [0.3, 0.4) is 0 Å². The Morgan fingerprint density at radius 3 is 2.50 bits per heavy atom. The monoisotopic (exact) mass is 337 g/mol. The first-order valence-electron chi connectivity index (χ1n) is 8.08. The summed E-state index contributed by atoms with van der Waals surface area (Å²) in [6.07, 6.45) is 1.77. The maximum atomic E-state index is 12.1. The van der Waals surface area contributed by atoms with Crippen LogP contribution in [0, 0.1) is 5.41 Å². The van der Waals surface area contributed by atoms with Gasteiger partial charge in [0, 0.05) is 6.20 Å². The third-order valence-corrected chi connectivity index (χ3v) is 3.57. The van der Waals surface area contributed by atoms with Gasteiger partial charge in [0.25, 0.3) is 5.91 Å². The van der Waals surface area contributed by atoms with Crippen molar-refractivity contribution in [3.05, 3.63) is 24.4 Å². The van der Waals surface area contributed by atoms with E-state index in [1.54, 1.807) is 18.2 Å². The molecule has 2 amide bonds. The molecule has 0 saturated carbocycles. The quantitative estimate of drug-likeness (QED) is 0.545. The summed E-state index contributed by atoms with van der Waals surface area (Å²) in [5.74, 6) is -0.369. The first-order chi connectivity index (χ1) is 11.2. The number of carbonyl (C=O) groups is 2. The second-order valence-electron chi connectivity index (χ2n) is 7.01. The van der Waals surface area contributed by atoms with E-state index in [1.807, 2.05) is 0 Å². The summed E-state index contributed by atoms with van der Waals surface area (Å²) in [4.78, 5) is 27.0. The zero-order valence-corrected chi connectivity index (χ0v) is 14.5. The molecule has 24 heavy (non-hydrogen) atoms. The highest BCUT2D eigenvalue weighted by Gasteiger charge is 2.27. The van der Waals surface area contributed by atoms with Crippen LogP contribution >= 0.6 is 0 Å². The molecule has 7 heteroatoms. The van der Waals surface area contributed by atoms with Gasteiger partial charge >= 0.3 is 6.09 Å². The Hall–Kier alpha value is -2.15. The SMILES string of the molecule is CC(C)(C)CCCC[C@H](NC(=O)O)C(O)C(=O)Nc1ccccn1. The molecule has 1 aromatic heterocycles. The number of hydrogen-bond acceptors (Lipinski definition) is 4. The average Bonchev–Trinajstić information content (AvgIpc) is 2.49. The number of aliphatic hydroxyl groups is 1. The van der Waals surface area contributed by atoms with E-state index >= 15 is 0 Å². The molecular formula is C17H27N3O4. The predicted molar refractivity (Wildman–Crippen MR) is 91.7 cm³/mol. The summed E-state index contributed by atoms with van der Waals surface area (Å²) in [7, 11) is 0. The Morgan fingerprint density at radius 1 is 1.25 bits per heavy atom. The van der Waals surface area contributed by atoms with Crippen LogP contribution in [-0.2, 0) is 4.79 Å². The number of rotatable bonds is 8. The van der Waals surface area contributed by atoms with Crippen molar-refractivity contribution in [3.63, 3.8) is 0 Å². The molecule has 0 aliphatic rings. The normalized spacial score (nSPS) is 13.8. The zero-order chi connectivity index (χ0) is 18.2. The lowest BCUT2D eigenvalue weighted by molar-refractivity contribution is -0.125. The molecule has 4 N–H and O–H groups in total. The number of nitrogens with one attached hydrogen (secondary N) is 2. The van der Waals surface area contributed by atoms with Crippen LogP contribution < -0.4 is 10.6 Å². The summed E-state index contributed by atoms with van der Waals surface area (Å²) in [5, 5.41) is 23.8. The number of aromatic nitrogens is 1. The minimum atomic E-state index is -1.47. The minimum absolute atomic E-state index is 0.199. The van der Waals surface area contributed by atoms with Crippen molar-refractivity contribution in [1.29, 1.82) is 0 Å². The van der Waals surface area contributed by atoms with Crippen LogP contribution in [0.2, 0.25) is 0 Å². The van der Waals surface area contributed by atoms with Gasteiger partial charge in [0.2, 0.25) is 0 Å². The number of nitrogens with zero attached hydrogens (tertiary/aromatic N) is 1. The Bertz CT molecular complexity index is 528. The van der Waals surface area contributed by atoms with Crippen molar-refractivity contribution in [2.45, 2.75) is 58.6 Å². The van der Waals surface area contributed by atoms with Crippen LogP contribution in [-0.4, -0.2) is 39.3 Å². The summed E-state index contributed by atoms with van der Waals surface area (Å²) < 4.78 is 0. The molecule has 0 aromatic carbocycles. The van der Waals surface area contributed by atoms with Gasteiger partial charge < -0.3 is 20.8 Å². The molecule has 0 spiro atoms. The van der Waals surface area contributed by atoms with Crippen molar-refractivity contribution < 1.29 is 19.8 Å². The van der Waals surface area contributed by atoms with Crippen LogP contribution in [0.15, 0.2) is 24.4 Å². The van der Waals surface area contributed by atoms with Crippen LogP contribution in [0.1, 0.15) is 46.5 Å². The van der Waals surface area contributed by atoms with Gasteiger partial charge in [0.15, 0.2) is 6.10 Å². The molecule has 0 aliphatic carbocycles. The standard InChI is InChI=1S/C17H27N3O4/c1-17(2,3)10-6-4-8-12(19-16(23)24)14(21)15(22)20-13-9-5-7-11-18-13/h5,7,9,11-12,14,19,21H,4,6,8,10H2,1-3H3,(H,23,24)(H,18,20,22)/t12-,14?/m0/s1. The van der Waals surface area contributed by atoms with E-state index in [2.05, 4.69) is 36.4 Å². The third kappa shape index (κ3) is 7.92. The molecule has 0 radical (unpaired) electrons. The number of hydrogen-bond donors (Lipinski definition) is 4. The van der Waals surface area contributed by atoms with Crippen molar-refractivity contribution in [2.24, 2.45) is 5.41 Å². The molecule has 134 valence electrons. The summed E-state index contributed by atoms with van der Waals surface area (Å²) in [5.41, 5.74) is 0.199. The number of carboxylic acid groups (broad SMARTS) is 1. The van der Waals surface area contributed by atoms with Gasteiger partial charge in [-0.05, 0) is 30.4 Å². The fraction of sp³-hybridized carbons (Fsp3) is 0.588. The van der Waals surface area contributed by atoms with Crippen molar-refractivity contribution in [2.75, 3.05) is 5.32 Å². The molecule has 1 unspecified atom stereocenters. The first kappa shape index (κ1) is 19.9. The second kappa shape index (κ2) is 9.22. The van der Waals surface area contributed by atoms with Gasteiger partial charge in [0.1, 0.15) is 5.82 Å². The van der Waals surface area contributed by atoms with Gasteiger partial charge in [-0.1, -0.05) is 39.7 Å². The first-order valence-corrected chi connectivity index (χ1v) is 8.08. The van der Waals surface area contributed by atoms with Gasteiger partial charge in [-0.15, -0.1) is 0 Å². The van der Waals surface area contributed by atoms with E-state index in [-0.39, 0.29) is 5.41 Å². The molecule has 1 heterocycles. The molecule has 0 fully saturated rings. The summed E-state index contributed by atoms with van der Waals surface area (Å²) in [6, 6.07) is 4.14. The molecule has 0 aliphatic heterocycles. The largest absolute Gasteiger partial charge is 0.465 e. The van der Waals surface area contributed by atoms with E-state index in [0.717, 1.165) is 19.3 Å². The van der Waals surface area contributed by atoms with Gasteiger partial charge in [-0.25, -0.2) is 9.78 Å². The minimum Gasteiger partial charge on any atom is -0.465 e. The fourth-order valence-corrected chi connectivity index (χ4v) is 2.31. The Kier molecular flexibility index (Phi) is 7.64. The van der Waals surface area contributed by atoms with E-state index in [4.69, 9.17) is 5.11 Å². The highest BCUT2D eigenvalue weighted by molar-refractivity contribution is 5.93. The smallest absolute Gasteiger partial charge is 0.404 e. The number of aliphatic hydroxyl groups excluding tert-OH is 1. The Balaban J connectivity index is 2.58. The molecule has 0 saturated heterocycles. The molecule has 1 aromatic rings. The number of unbranched alkanes of at least 4 members (excludes halogenated alkanes) is 1. The highest BCUT2D eigenvalue weighted by Crippen LogP contribution is 2.22. The fourth-order valence-electron chi connectivity index (χ4n) is 2.31. The van der Waals surface area contributed by atoms with E-state index < -0.39 is 24.1 Å². The maximum absolute atomic E-state index is 12.1. The Morgan fingerprint density at radius 2 is 1.96 bits per heavy atom. The summed E-state index contributed by atoms with van der Waals surface area (Å²) >= 11 is 0. The molecule has 2 atom stereocenters. The van der Waals surface area contributed by atoms with Gasteiger partial charge in [-0.3, -0.25) is 4.79 Å². The molecule has 0 bridgehead atoms. The highest BCUT2D eigenvalue weighted by atomic mass is 16.4. The van der Waals surface area contributed by atoms with E-state index in [0.29, 0.717) is 12.2 Å². The number of pyridine rings is 1. The van der Waals surface area contributed by atoms with E-state index in [1.165, 1.54) is 6.20 Å². The topological polar surface area (TPSA) is 112 Å². The lowest BCUT2D eigenvalue weighted by atomic mass is 9.89. The lowest BCUT2D eigenvalue weighted by Crippen LogP contribution is -2.48. The molecule has 1 rings (SSSR count). The van der Waals surface area contributed by atoms with E-state index in [9.17, 15) is 14.7 Å². The lowest BCUT2D eigenvalue weighted by Gasteiger charge is -2.23. The van der Waals surface area contributed by atoms with Crippen LogP contribution in [0.4, 0.5) is 10.6 Å². The average molecular weight is 337 g/mol.